The number of halogens is 2. The maximum absolute atomic E-state index is 14.0. The van der Waals surface area contributed by atoms with Crippen LogP contribution in [-0.4, -0.2) is 74.6 Å². The minimum Gasteiger partial charge on any atom is -0.497 e. The zero-order chi connectivity index (χ0) is 22.4. The number of carbonyl (C=O) groups excluding carboxylic acids is 1. The average Bonchev–Trinajstić information content (AvgIpc) is 2.77. The molecule has 0 atom stereocenters. The van der Waals surface area contributed by atoms with Gasteiger partial charge < -0.3 is 14.4 Å². The molecule has 1 fully saturated rings. The molecule has 6 nitrogen and oxygen atoms in total. The summed E-state index contributed by atoms with van der Waals surface area (Å²) in [6.07, 6.45) is 0. The lowest BCUT2D eigenvalue weighted by atomic mass is 10.1. The summed E-state index contributed by atoms with van der Waals surface area (Å²) in [5.74, 6) is 1.26. The Hall–Kier alpha value is -2.35. The van der Waals surface area contributed by atoms with Gasteiger partial charge in [-0.3, -0.25) is 14.6 Å². The molecule has 2 aromatic rings. The lowest BCUT2D eigenvalue weighted by molar-refractivity contribution is -0.134. The number of likely N-dealkylation sites (N-methyl/N-ethyl adjacent to an activating group) is 1. The van der Waals surface area contributed by atoms with E-state index in [2.05, 4.69) is 4.90 Å². The summed E-state index contributed by atoms with van der Waals surface area (Å²) in [5, 5.41) is 0.439. The van der Waals surface area contributed by atoms with Crippen molar-refractivity contribution in [2.45, 2.75) is 13.1 Å². The number of hydrogen-bond donors (Lipinski definition) is 0. The van der Waals surface area contributed by atoms with Crippen LogP contribution in [0.2, 0.25) is 5.02 Å². The van der Waals surface area contributed by atoms with E-state index in [4.69, 9.17) is 21.1 Å². The number of hydrogen-bond acceptors (Lipinski definition) is 5. The second kappa shape index (κ2) is 10.8. The van der Waals surface area contributed by atoms with Crippen molar-refractivity contribution in [3.05, 3.63) is 58.4 Å². The molecule has 0 aromatic heterocycles. The first-order valence-electron chi connectivity index (χ1n) is 10.2. The third-order valence-corrected chi connectivity index (χ3v) is 5.86. The fourth-order valence-corrected chi connectivity index (χ4v) is 3.95. The molecule has 0 radical (unpaired) electrons. The van der Waals surface area contributed by atoms with Crippen LogP contribution >= 0.6 is 11.6 Å². The van der Waals surface area contributed by atoms with Crippen molar-refractivity contribution in [2.24, 2.45) is 0 Å². The molecule has 1 aliphatic heterocycles. The van der Waals surface area contributed by atoms with Crippen LogP contribution in [0.1, 0.15) is 11.1 Å². The van der Waals surface area contributed by atoms with Gasteiger partial charge in [0.05, 0.1) is 20.8 Å². The van der Waals surface area contributed by atoms with Gasteiger partial charge in [0.2, 0.25) is 5.91 Å². The third-order valence-electron chi connectivity index (χ3n) is 5.51. The van der Waals surface area contributed by atoms with Crippen LogP contribution in [0.5, 0.6) is 11.5 Å². The highest BCUT2D eigenvalue weighted by Gasteiger charge is 2.23. The topological polar surface area (TPSA) is 45.2 Å². The summed E-state index contributed by atoms with van der Waals surface area (Å²) < 4.78 is 24.7. The van der Waals surface area contributed by atoms with E-state index in [9.17, 15) is 9.18 Å². The number of rotatable bonds is 8. The van der Waals surface area contributed by atoms with Gasteiger partial charge in [0.15, 0.2) is 0 Å². The second-order valence-corrected chi connectivity index (χ2v) is 8.11. The fraction of sp³-hybridized carbons (Fsp3) is 0.435. The van der Waals surface area contributed by atoms with Crippen molar-refractivity contribution >= 4 is 17.5 Å². The zero-order valence-corrected chi connectivity index (χ0v) is 19.0. The summed E-state index contributed by atoms with van der Waals surface area (Å²) in [7, 11) is 5.15. The molecule has 3 rings (SSSR count). The number of nitrogens with zero attached hydrogens (tertiary/aromatic N) is 3. The van der Waals surface area contributed by atoms with E-state index < -0.39 is 0 Å². The number of ether oxygens (including phenoxy) is 2. The molecule has 0 N–H and O–H groups in total. The molecule has 1 heterocycles. The van der Waals surface area contributed by atoms with Crippen molar-refractivity contribution in [1.29, 1.82) is 0 Å². The number of benzene rings is 2. The van der Waals surface area contributed by atoms with Crippen LogP contribution in [0.15, 0.2) is 36.4 Å². The van der Waals surface area contributed by atoms with Crippen molar-refractivity contribution in [3.8, 4) is 11.5 Å². The third kappa shape index (κ3) is 6.09. The Morgan fingerprint density at radius 3 is 2.52 bits per heavy atom. The monoisotopic (exact) mass is 449 g/mol. The molecule has 0 aliphatic carbocycles. The highest BCUT2D eigenvalue weighted by molar-refractivity contribution is 6.31. The molecule has 1 saturated heterocycles. The minimum atomic E-state index is -0.290. The summed E-state index contributed by atoms with van der Waals surface area (Å²) in [6, 6.07) is 10.4. The van der Waals surface area contributed by atoms with Crippen molar-refractivity contribution in [2.75, 3.05) is 54.0 Å². The smallest absolute Gasteiger partial charge is 0.236 e. The van der Waals surface area contributed by atoms with Crippen LogP contribution in [0.25, 0.3) is 0 Å². The Morgan fingerprint density at radius 2 is 1.87 bits per heavy atom. The predicted molar refractivity (Wildman–Crippen MR) is 119 cm³/mol. The van der Waals surface area contributed by atoms with Gasteiger partial charge in [0, 0.05) is 61.5 Å². The van der Waals surface area contributed by atoms with Gasteiger partial charge in [0.1, 0.15) is 17.3 Å². The number of carbonyl (C=O) groups is 1. The van der Waals surface area contributed by atoms with Crippen LogP contribution < -0.4 is 9.47 Å². The molecule has 0 unspecified atom stereocenters. The first-order valence-corrected chi connectivity index (χ1v) is 10.6. The molecule has 8 heteroatoms. The molecule has 0 saturated carbocycles. The molecule has 31 heavy (non-hydrogen) atoms. The Morgan fingerprint density at radius 1 is 1.13 bits per heavy atom. The lowest BCUT2D eigenvalue weighted by Gasteiger charge is -2.35. The summed E-state index contributed by atoms with van der Waals surface area (Å²) in [4.78, 5) is 18.7. The first-order chi connectivity index (χ1) is 14.9. The van der Waals surface area contributed by atoms with E-state index in [1.165, 1.54) is 6.07 Å². The normalized spacial score (nSPS) is 14.7. The van der Waals surface area contributed by atoms with Crippen molar-refractivity contribution in [1.82, 2.24) is 14.7 Å². The molecule has 168 valence electrons. The second-order valence-electron chi connectivity index (χ2n) is 7.71. The molecular formula is C23H29ClFN3O3. The maximum atomic E-state index is 14.0. The minimum absolute atomic E-state index is 0.0820. The van der Waals surface area contributed by atoms with E-state index in [0.717, 1.165) is 17.1 Å². The highest BCUT2D eigenvalue weighted by atomic mass is 35.5. The van der Waals surface area contributed by atoms with Crippen LogP contribution in [0.3, 0.4) is 0 Å². The largest absolute Gasteiger partial charge is 0.497 e. The van der Waals surface area contributed by atoms with Gasteiger partial charge >= 0.3 is 0 Å². The Labute approximate surface area is 188 Å². The van der Waals surface area contributed by atoms with Gasteiger partial charge in [-0.05, 0) is 25.2 Å². The summed E-state index contributed by atoms with van der Waals surface area (Å²) in [6.45, 7) is 3.96. The highest BCUT2D eigenvalue weighted by Crippen LogP contribution is 2.25. The quantitative estimate of drug-likeness (QED) is 0.619. The number of methoxy groups -OCH3 is 2. The first kappa shape index (κ1) is 23.3. The van der Waals surface area contributed by atoms with E-state index in [1.807, 2.05) is 35.0 Å². The molecule has 0 bridgehead atoms. The molecule has 1 amide bonds. The van der Waals surface area contributed by atoms with Gasteiger partial charge in [-0.25, -0.2) is 4.39 Å². The summed E-state index contributed by atoms with van der Waals surface area (Å²) in [5.41, 5.74) is 1.50. The fourth-order valence-electron chi connectivity index (χ4n) is 3.72. The summed E-state index contributed by atoms with van der Waals surface area (Å²) >= 11 is 6.14. The molecule has 2 aromatic carbocycles. The van der Waals surface area contributed by atoms with E-state index >= 15 is 0 Å². The van der Waals surface area contributed by atoms with Gasteiger partial charge in [-0.1, -0.05) is 23.7 Å². The van der Waals surface area contributed by atoms with Crippen LogP contribution in [0.4, 0.5) is 4.39 Å². The average molecular weight is 450 g/mol. The van der Waals surface area contributed by atoms with Gasteiger partial charge in [-0.15, -0.1) is 0 Å². The lowest BCUT2D eigenvalue weighted by Crippen LogP contribution is -2.50. The van der Waals surface area contributed by atoms with E-state index in [-0.39, 0.29) is 11.7 Å². The number of amides is 1. The van der Waals surface area contributed by atoms with Crippen molar-refractivity contribution in [3.63, 3.8) is 0 Å². The van der Waals surface area contributed by atoms with Crippen molar-refractivity contribution < 1.29 is 18.7 Å². The molecular weight excluding hydrogens is 421 g/mol. The number of piperazine rings is 1. The standard InChI is InChI=1S/C23H29ClFN3O3/c1-26(14-17-7-8-18(30-2)13-22(17)31-3)16-23(29)28-11-9-27(10-12-28)15-19-20(24)5-4-6-21(19)25/h4-8,13H,9-12,14-16H2,1-3H3. The van der Waals surface area contributed by atoms with E-state index in [0.29, 0.717) is 56.4 Å². The maximum Gasteiger partial charge on any atom is 0.236 e. The Bertz CT molecular complexity index is 883. The van der Waals surface area contributed by atoms with Gasteiger partial charge in [-0.2, -0.15) is 0 Å². The Kier molecular flexibility index (Phi) is 8.12. The van der Waals surface area contributed by atoms with Crippen LogP contribution in [0, 0.1) is 5.82 Å². The van der Waals surface area contributed by atoms with E-state index in [1.54, 1.807) is 26.4 Å². The predicted octanol–water partition coefficient (Wildman–Crippen LogP) is 3.27. The van der Waals surface area contributed by atoms with Crippen LogP contribution in [-0.2, 0) is 17.9 Å². The SMILES string of the molecule is COc1ccc(CN(C)CC(=O)N2CCN(Cc3c(F)cccc3Cl)CC2)c(OC)c1. The van der Waals surface area contributed by atoms with Gasteiger partial charge in [0.25, 0.3) is 0 Å². The molecule has 0 spiro atoms. The molecule has 1 aliphatic rings. The zero-order valence-electron chi connectivity index (χ0n) is 18.2. The Balaban J connectivity index is 1.49.